The molecule has 0 spiro atoms. The summed E-state index contributed by atoms with van der Waals surface area (Å²) >= 11 is 5.16. The summed E-state index contributed by atoms with van der Waals surface area (Å²) in [4.78, 5) is 3.58. The number of halogens is 4. The van der Waals surface area contributed by atoms with Crippen molar-refractivity contribution in [2.45, 2.75) is 0 Å². The van der Waals surface area contributed by atoms with Gasteiger partial charge < -0.3 is 17.3 Å². The standard InChI is InChI=1S/C17H11OS3.BF4/c1-4-15(19-7-1)12-10-13(16-5-2-8-20-16)18-14(11-12)17-6-3-9-21-17;2-1(3,4)5/h1-11H;/q+1;-1. The molecule has 4 aromatic rings. The van der Waals surface area contributed by atoms with Gasteiger partial charge in [0, 0.05) is 10.4 Å². The quantitative estimate of drug-likeness (QED) is 0.188. The minimum atomic E-state index is -6.00. The Morgan fingerprint density at radius 2 is 1.04 bits per heavy atom. The van der Waals surface area contributed by atoms with E-state index >= 15 is 0 Å². The van der Waals surface area contributed by atoms with Crippen LogP contribution in [0.15, 0.2) is 69.1 Å². The lowest BCUT2D eigenvalue weighted by atomic mass is 10.1. The van der Waals surface area contributed by atoms with Gasteiger partial charge in [-0.2, -0.15) is 0 Å². The van der Waals surface area contributed by atoms with Gasteiger partial charge in [0.1, 0.15) is 9.75 Å². The highest BCUT2D eigenvalue weighted by molar-refractivity contribution is 7.14. The van der Waals surface area contributed by atoms with Crippen LogP contribution in [0.5, 0.6) is 0 Å². The predicted octanol–water partition coefficient (Wildman–Crippen LogP) is 8.05. The maximum Gasteiger partial charge on any atom is 0.673 e. The van der Waals surface area contributed by atoms with Crippen molar-refractivity contribution in [3.8, 4) is 31.7 Å². The molecule has 0 aromatic carbocycles. The van der Waals surface area contributed by atoms with E-state index in [1.54, 1.807) is 34.0 Å². The van der Waals surface area contributed by atoms with E-state index in [1.165, 1.54) is 10.4 Å². The van der Waals surface area contributed by atoms with Gasteiger partial charge in [-0.1, -0.05) is 18.2 Å². The molecule has 26 heavy (non-hydrogen) atoms. The van der Waals surface area contributed by atoms with E-state index in [4.69, 9.17) is 4.42 Å². The maximum absolute atomic E-state index is 9.75. The fourth-order valence-electron chi connectivity index (χ4n) is 2.17. The van der Waals surface area contributed by atoms with Crippen molar-refractivity contribution in [1.29, 1.82) is 0 Å². The van der Waals surface area contributed by atoms with Crippen molar-refractivity contribution in [3.63, 3.8) is 0 Å². The lowest BCUT2D eigenvalue weighted by molar-refractivity contribution is 0.368. The van der Waals surface area contributed by atoms with Gasteiger partial charge in [-0.05, 0) is 34.3 Å². The molecule has 9 heteroatoms. The van der Waals surface area contributed by atoms with Crippen molar-refractivity contribution in [2.75, 3.05) is 0 Å². The molecule has 0 saturated carbocycles. The van der Waals surface area contributed by atoms with Crippen LogP contribution in [0.1, 0.15) is 0 Å². The molecule has 0 N–H and O–H groups in total. The Labute approximate surface area is 159 Å². The van der Waals surface area contributed by atoms with Gasteiger partial charge in [-0.3, -0.25) is 0 Å². The second-order valence-corrected chi connectivity index (χ2v) is 7.84. The molecule has 4 heterocycles. The Morgan fingerprint density at radius 1 is 0.654 bits per heavy atom. The van der Waals surface area contributed by atoms with E-state index in [1.807, 2.05) is 0 Å². The molecule has 134 valence electrons. The number of rotatable bonds is 3. The van der Waals surface area contributed by atoms with Crippen LogP contribution < -0.4 is 0 Å². The van der Waals surface area contributed by atoms with Crippen LogP contribution in [-0.2, 0) is 0 Å². The molecule has 0 radical (unpaired) electrons. The monoisotopic (exact) mass is 414 g/mol. The molecule has 0 fully saturated rings. The average Bonchev–Trinajstić information content (AvgIpc) is 3.36. The normalized spacial score (nSPS) is 11.1. The van der Waals surface area contributed by atoms with E-state index in [9.17, 15) is 17.3 Å². The molecule has 1 nitrogen and oxygen atoms in total. The summed E-state index contributed by atoms with van der Waals surface area (Å²) in [5.74, 6) is 1.86. The summed E-state index contributed by atoms with van der Waals surface area (Å²) in [7, 11) is -6.00. The summed E-state index contributed by atoms with van der Waals surface area (Å²) in [5, 5.41) is 6.26. The summed E-state index contributed by atoms with van der Waals surface area (Å²) in [6, 6.07) is 16.8. The van der Waals surface area contributed by atoms with Crippen LogP contribution in [-0.4, -0.2) is 7.25 Å². The van der Waals surface area contributed by atoms with Gasteiger partial charge in [0.2, 0.25) is 0 Å². The third kappa shape index (κ3) is 5.26. The summed E-state index contributed by atoms with van der Waals surface area (Å²) in [5.41, 5.74) is 1.21. The van der Waals surface area contributed by atoms with Gasteiger partial charge in [0.25, 0.3) is 0 Å². The van der Waals surface area contributed by atoms with Crippen LogP contribution >= 0.6 is 34.0 Å². The lowest BCUT2D eigenvalue weighted by Crippen LogP contribution is -2.02. The van der Waals surface area contributed by atoms with Gasteiger partial charge in [0.05, 0.1) is 12.1 Å². The summed E-state index contributed by atoms with van der Waals surface area (Å²) in [6.45, 7) is 0. The molecular weight excluding hydrogens is 403 g/mol. The predicted molar refractivity (Wildman–Crippen MR) is 103 cm³/mol. The minimum Gasteiger partial charge on any atom is -0.418 e. The van der Waals surface area contributed by atoms with E-state index in [0.29, 0.717) is 0 Å². The van der Waals surface area contributed by atoms with Crippen molar-refractivity contribution < 1.29 is 21.7 Å². The third-order valence-electron chi connectivity index (χ3n) is 3.13. The van der Waals surface area contributed by atoms with Crippen molar-refractivity contribution in [2.24, 2.45) is 0 Å². The maximum atomic E-state index is 9.75. The van der Waals surface area contributed by atoms with E-state index < -0.39 is 7.25 Å². The first-order chi connectivity index (χ1) is 12.4. The molecule has 4 aromatic heterocycles. The molecule has 0 aliphatic heterocycles. The van der Waals surface area contributed by atoms with Crippen LogP contribution in [0.2, 0.25) is 0 Å². The molecule has 0 aliphatic rings. The SMILES string of the molecule is F[B-](F)(F)F.c1csc(-c2cc(-c3cccs3)[o+]c(-c3cccs3)c2)c1. The van der Waals surface area contributed by atoms with Crippen LogP contribution in [0, 0.1) is 0 Å². The van der Waals surface area contributed by atoms with E-state index in [0.717, 1.165) is 21.3 Å². The molecule has 0 atom stereocenters. The fraction of sp³-hybridized carbons (Fsp3) is 0. The fourth-order valence-corrected chi connectivity index (χ4v) is 4.24. The van der Waals surface area contributed by atoms with Gasteiger partial charge in [-0.25, -0.2) is 4.42 Å². The Morgan fingerprint density at radius 3 is 1.38 bits per heavy atom. The molecule has 0 aliphatic carbocycles. The number of hydrogen-bond donors (Lipinski definition) is 0. The van der Waals surface area contributed by atoms with Crippen molar-refractivity contribution in [3.05, 3.63) is 64.7 Å². The minimum absolute atomic E-state index is 0.930. The van der Waals surface area contributed by atoms with Crippen LogP contribution in [0.3, 0.4) is 0 Å². The molecule has 0 saturated heterocycles. The topological polar surface area (TPSA) is 11.3 Å². The molecular formula is C17H11BF4OS3. The number of thiophene rings is 3. The highest BCUT2D eigenvalue weighted by Gasteiger charge is 2.22. The van der Waals surface area contributed by atoms with Crippen LogP contribution in [0.4, 0.5) is 17.3 Å². The molecule has 0 amide bonds. The van der Waals surface area contributed by atoms with Crippen molar-refractivity contribution in [1.82, 2.24) is 0 Å². The highest BCUT2D eigenvalue weighted by atomic mass is 32.1. The van der Waals surface area contributed by atoms with E-state index in [2.05, 4.69) is 64.7 Å². The first-order valence-corrected chi connectivity index (χ1v) is 10.0. The van der Waals surface area contributed by atoms with Gasteiger partial charge in [-0.15, -0.1) is 34.0 Å². The average molecular weight is 414 g/mol. The highest BCUT2D eigenvalue weighted by Crippen LogP contribution is 2.37. The first kappa shape index (κ1) is 18.8. The summed E-state index contributed by atoms with van der Waals surface area (Å²) in [6.07, 6.45) is 0. The zero-order chi connectivity index (χ0) is 18.6. The van der Waals surface area contributed by atoms with Crippen molar-refractivity contribution >= 4 is 41.3 Å². The Bertz CT molecular complexity index is 800. The Balaban J connectivity index is 0.000000349. The lowest BCUT2D eigenvalue weighted by Gasteiger charge is -1.96. The second-order valence-electron chi connectivity index (χ2n) is 5.00. The zero-order valence-corrected chi connectivity index (χ0v) is 15.5. The Hall–Kier alpha value is -1.97. The Kier molecular flexibility index (Phi) is 5.90. The largest absolute Gasteiger partial charge is 0.673 e. The van der Waals surface area contributed by atoms with Crippen LogP contribution in [0.25, 0.3) is 31.7 Å². The molecule has 4 rings (SSSR count). The second kappa shape index (κ2) is 8.15. The van der Waals surface area contributed by atoms with E-state index in [-0.39, 0.29) is 0 Å². The number of hydrogen-bond acceptors (Lipinski definition) is 3. The van der Waals surface area contributed by atoms with Gasteiger partial charge >= 0.3 is 18.8 Å². The zero-order valence-electron chi connectivity index (χ0n) is 13.1. The summed E-state index contributed by atoms with van der Waals surface area (Å²) < 4.78 is 45.1. The molecule has 0 bridgehead atoms. The van der Waals surface area contributed by atoms with Gasteiger partial charge in [0.15, 0.2) is 0 Å². The smallest absolute Gasteiger partial charge is 0.418 e. The first-order valence-electron chi connectivity index (χ1n) is 7.37. The third-order valence-corrected chi connectivity index (χ3v) is 5.81. The molecule has 0 unspecified atom stereocenters.